The van der Waals surface area contributed by atoms with Crippen LogP contribution in [0.5, 0.6) is 5.75 Å². The largest absolute Gasteiger partial charge is 0.483 e. The van der Waals surface area contributed by atoms with Crippen LogP contribution in [0, 0.1) is 5.92 Å². The number of carbonyl (C=O) groups excluding carboxylic acids is 2. The van der Waals surface area contributed by atoms with Crippen molar-refractivity contribution in [2.24, 2.45) is 5.92 Å². The zero-order chi connectivity index (χ0) is 25.5. The summed E-state index contributed by atoms with van der Waals surface area (Å²) in [5.74, 6) is 1.54. The lowest BCUT2D eigenvalue weighted by molar-refractivity contribution is -0.135. The molecule has 0 radical (unpaired) electrons. The van der Waals surface area contributed by atoms with Gasteiger partial charge in [-0.1, -0.05) is 60.7 Å². The Morgan fingerprint density at radius 3 is 2.57 bits per heavy atom. The van der Waals surface area contributed by atoms with Crippen LogP contribution in [0.4, 0.5) is 0 Å². The first kappa shape index (κ1) is 25.5. The molecule has 0 aliphatic carbocycles. The first-order chi connectivity index (χ1) is 18.2. The number of nitrogens with one attached hydrogen (secondary N) is 1. The molecule has 0 aromatic heterocycles. The van der Waals surface area contributed by atoms with E-state index >= 15 is 0 Å². The molecule has 2 aromatic carbocycles. The molecular weight excluding hydrogens is 462 g/mol. The average molecular weight is 502 g/mol. The van der Waals surface area contributed by atoms with Crippen LogP contribution in [-0.2, 0) is 22.4 Å². The smallest absolute Gasteiger partial charge is 0.258 e. The molecule has 5 rings (SSSR count). The van der Waals surface area contributed by atoms with Crippen molar-refractivity contribution in [1.29, 1.82) is 0 Å². The predicted molar refractivity (Wildman–Crippen MR) is 145 cm³/mol. The number of ether oxygens (including phenoxy) is 1. The number of para-hydroxylation sites is 1. The number of benzene rings is 2. The molecule has 2 amide bonds. The molecular formula is C31H39N3O3. The summed E-state index contributed by atoms with van der Waals surface area (Å²) in [7, 11) is 0. The standard InChI is InChI=1S/C31H39N3O3/c35-30-23-37-29-15-7-5-12-26(29)11-4-6-14-28-27(32-30)13-8-18-34(28)22-31(36)33-19-16-25(17-20-33)21-24-9-2-1-3-10-24/h1-7,9-10,12,15,25,27-28H,8,11,13-14,16-23H2,(H,32,35)/b6-4+/t27-,28-/m1/s1. The fraction of sp³-hybridized carbons (Fsp3) is 0.484. The maximum absolute atomic E-state index is 13.3. The van der Waals surface area contributed by atoms with E-state index < -0.39 is 0 Å². The summed E-state index contributed by atoms with van der Waals surface area (Å²) in [6, 6.07) is 18.7. The van der Waals surface area contributed by atoms with Crippen LogP contribution < -0.4 is 10.1 Å². The number of nitrogens with zero attached hydrogens (tertiary/aromatic N) is 2. The first-order valence-corrected chi connectivity index (χ1v) is 13.9. The molecule has 0 unspecified atom stereocenters. The predicted octanol–water partition coefficient (Wildman–Crippen LogP) is 4.00. The van der Waals surface area contributed by atoms with Crippen molar-refractivity contribution in [1.82, 2.24) is 15.1 Å². The number of allylic oxidation sites excluding steroid dienone is 1. The van der Waals surface area contributed by atoms with Crippen molar-refractivity contribution in [3.63, 3.8) is 0 Å². The van der Waals surface area contributed by atoms with Crippen LogP contribution in [0.1, 0.15) is 43.2 Å². The van der Waals surface area contributed by atoms with E-state index in [0.717, 1.165) is 75.9 Å². The van der Waals surface area contributed by atoms with E-state index in [9.17, 15) is 9.59 Å². The van der Waals surface area contributed by atoms with Gasteiger partial charge in [0.25, 0.3) is 5.91 Å². The lowest BCUT2D eigenvalue weighted by atomic mass is 9.90. The van der Waals surface area contributed by atoms with Crippen molar-refractivity contribution in [2.45, 2.75) is 57.0 Å². The molecule has 0 bridgehead atoms. The Morgan fingerprint density at radius 1 is 0.946 bits per heavy atom. The minimum atomic E-state index is -0.0944. The van der Waals surface area contributed by atoms with Gasteiger partial charge in [-0.2, -0.15) is 0 Å². The molecule has 3 aliphatic heterocycles. The fourth-order valence-corrected chi connectivity index (χ4v) is 6.06. The Hall–Kier alpha value is -3.12. The average Bonchev–Trinajstić information content (AvgIpc) is 2.92. The molecule has 3 aliphatic rings. The third-order valence-corrected chi connectivity index (χ3v) is 8.13. The fourth-order valence-electron chi connectivity index (χ4n) is 6.06. The van der Waals surface area contributed by atoms with Crippen molar-refractivity contribution < 1.29 is 14.3 Å². The van der Waals surface area contributed by atoms with E-state index in [-0.39, 0.29) is 30.5 Å². The van der Waals surface area contributed by atoms with Gasteiger partial charge in [0.05, 0.1) is 6.54 Å². The Morgan fingerprint density at radius 2 is 1.73 bits per heavy atom. The normalized spacial score (nSPS) is 24.4. The van der Waals surface area contributed by atoms with Crippen molar-refractivity contribution in [3.8, 4) is 5.75 Å². The third-order valence-electron chi connectivity index (χ3n) is 8.13. The number of hydrogen-bond acceptors (Lipinski definition) is 4. The van der Waals surface area contributed by atoms with Crippen LogP contribution in [0.3, 0.4) is 0 Å². The summed E-state index contributed by atoms with van der Waals surface area (Å²) >= 11 is 0. The lowest BCUT2D eigenvalue weighted by Crippen LogP contribution is -2.58. The molecule has 6 heteroatoms. The summed E-state index contributed by atoms with van der Waals surface area (Å²) in [4.78, 5) is 30.5. The van der Waals surface area contributed by atoms with E-state index in [4.69, 9.17) is 4.74 Å². The maximum atomic E-state index is 13.3. The zero-order valence-electron chi connectivity index (χ0n) is 21.7. The van der Waals surface area contributed by atoms with Crippen LogP contribution in [0.15, 0.2) is 66.7 Å². The van der Waals surface area contributed by atoms with Gasteiger partial charge < -0.3 is 15.0 Å². The molecule has 6 nitrogen and oxygen atoms in total. The highest BCUT2D eigenvalue weighted by Crippen LogP contribution is 2.25. The van der Waals surface area contributed by atoms with Crippen molar-refractivity contribution in [2.75, 3.05) is 32.8 Å². The second-order valence-electron chi connectivity index (χ2n) is 10.7. The van der Waals surface area contributed by atoms with Gasteiger partial charge in [0, 0.05) is 25.2 Å². The molecule has 3 heterocycles. The molecule has 0 spiro atoms. The number of amides is 2. The summed E-state index contributed by atoms with van der Waals surface area (Å²) in [6.45, 7) is 3.01. The van der Waals surface area contributed by atoms with E-state index in [0.29, 0.717) is 12.5 Å². The minimum Gasteiger partial charge on any atom is -0.483 e. The lowest BCUT2D eigenvalue weighted by Gasteiger charge is -2.42. The van der Waals surface area contributed by atoms with Gasteiger partial charge in [-0.3, -0.25) is 14.5 Å². The van der Waals surface area contributed by atoms with Gasteiger partial charge in [-0.05, 0) is 74.6 Å². The van der Waals surface area contributed by atoms with Crippen molar-refractivity contribution in [3.05, 3.63) is 77.9 Å². The second kappa shape index (κ2) is 12.4. The van der Waals surface area contributed by atoms with E-state index in [2.05, 4.69) is 57.6 Å². The number of piperidine rings is 2. The van der Waals surface area contributed by atoms with Crippen molar-refractivity contribution >= 4 is 11.8 Å². The van der Waals surface area contributed by atoms with Gasteiger partial charge in [0.2, 0.25) is 5.91 Å². The van der Waals surface area contributed by atoms with Gasteiger partial charge in [0.15, 0.2) is 6.61 Å². The summed E-state index contributed by atoms with van der Waals surface area (Å²) in [5, 5.41) is 3.21. The van der Waals surface area contributed by atoms with Gasteiger partial charge in [-0.25, -0.2) is 0 Å². The van der Waals surface area contributed by atoms with Gasteiger partial charge in [0.1, 0.15) is 5.75 Å². The SMILES string of the molecule is O=C1COc2ccccc2C/C=C/C[C@@H]2[C@@H](CCCN2CC(=O)N2CCC(Cc3ccccc3)CC2)N1. The Balaban J connectivity index is 1.19. The second-order valence-corrected chi connectivity index (χ2v) is 10.7. The van der Waals surface area contributed by atoms with Gasteiger partial charge >= 0.3 is 0 Å². The van der Waals surface area contributed by atoms with E-state index in [1.165, 1.54) is 5.56 Å². The molecule has 2 aromatic rings. The molecule has 2 atom stereocenters. The highest BCUT2D eigenvalue weighted by molar-refractivity contribution is 5.79. The number of likely N-dealkylation sites (tertiary alicyclic amines) is 2. The maximum Gasteiger partial charge on any atom is 0.258 e. The van der Waals surface area contributed by atoms with Crippen LogP contribution in [-0.4, -0.2) is 66.5 Å². The minimum absolute atomic E-state index is 0.0147. The van der Waals surface area contributed by atoms with Crippen LogP contribution in [0.2, 0.25) is 0 Å². The zero-order valence-corrected chi connectivity index (χ0v) is 21.7. The first-order valence-electron chi connectivity index (χ1n) is 13.9. The molecule has 2 fully saturated rings. The van der Waals surface area contributed by atoms with Crippen LogP contribution in [0.25, 0.3) is 0 Å². The molecule has 1 N–H and O–H groups in total. The number of carbonyl (C=O) groups is 2. The Labute approximate surface area is 220 Å². The monoisotopic (exact) mass is 501 g/mol. The van der Waals surface area contributed by atoms with E-state index in [1.807, 2.05) is 24.3 Å². The highest BCUT2D eigenvalue weighted by atomic mass is 16.5. The quantitative estimate of drug-likeness (QED) is 0.644. The molecule has 37 heavy (non-hydrogen) atoms. The van der Waals surface area contributed by atoms with Crippen LogP contribution >= 0.6 is 0 Å². The summed E-state index contributed by atoms with van der Waals surface area (Å²) < 4.78 is 5.85. The van der Waals surface area contributed by atoms with E-state index in [1.54, 1.807) is 0 Å². The molecule has 2 saturated heterocycles. The van der Waals surface area contributed by atoms with Gasteiger partial charge in [-0.15, -0.1) is 0 Å². The summed E-state index contributed by atoms with van der Waals surface area (Å²) in [5.41, 5.74) is 2.47. The molecule has 0 saturated carbocycles. The topological polar surface area (TPSA) is 61.9 Å². The highest BCUT2D eigenvalue weighted by Gasteiger charge is 2.34. The Kier molecular flexibility index (Phi) is 8.57. The number of fused-ring (bicyclic) bond motifs is 2. The number of rotatable bonds is 4. The Bertz CT molecular complexity index is 1080. The third kappa shape index (κ3) is 6.80. The summed E-state index contributed by atoms with van der Waals surface area (Å²) in [6.07, 6.45) is 11.1. The number of hydrogen-bond donors (Lipinski definition) is 1. The molecule has 196 valence electrons.